The van der Waals surface area contributed by atoms with Crippen molar-refractivity contribution in [2.24, 2.45) is 0 Å². The molecule has 0 spiro atoms. The molecular formula is C16H13F2NO5. The number of halogens is 2. The third-order valence-electron chi connectivity index (χ3n) is 3.24. The second kappa shape index (κ2) is 7.03. The molecule has 2 rings (SSSR count). The van der Waals surface area contributed by atoms with Gasteiger partial charge in [0.2, 0.25) is 5.78 Å². The van der Waals surface area contributed by atoms with Gasteiger partial charge in [0.1, 0.15) is 0 Å². The summed E-state index contributed by atoms with van der Waals surface area (Å²) in [6.07, 6.45) is -1.09. The van der Waals surface area contributed by atoms with Gasteiger partial charge in [-0.25, -0.2) is 8.78 Å². The lowest BCUT2D eigenvalue weighted by molar-refractivity contribution is -0.385. The number of carbonyl (C=O) groups excluding carboxylic acids is 1. The first-order valence-corrected chi connectivity index (χ1v) is 6.82. The van der Waals surface area contributed by atoms with E-state index in [0.717, 1.165) is 24.3 Å². The number of nitro benzene ring substituents is 1. The molecule has 0 heterocycles. The molecule has 1 atom stereocenters. The second-order valence-corrected chi connectivity index (χ2v) is 4.85. The van der Waals surface area contributed by atoms with E-state index in [4.69, 9.17) is 9.47 Å². The molecule has 126 valence electrons. The van der Waals surface area contributed by atoms with Crippen molar-refractivity contribution in [1.29, 1.82) is 0 Å². The molecular weight excluding hydrogens is 324 g/mol. The van der Waals surface area contributed by atoms with E-state index in [2.05, 4.69) is 0 Å². The number of ether oxygens (including phenoxy) is 2. The summed E-state index contributed by atoms with van der Waals surface area (Å²) in [4.78, 5) is 22.5. The lowest BCUT2D eigenvalue weighted by Crippen LogP contribution is -2.24. The largest absolute Gasteiger partial charge is 0.493 e. The average molecular weight is 337 g/mol. The van der Waals surface area contributed by atoms with Gasteiger partial charge in [-0.2, -0.15) is 0 Å². The Morgan fingerprint density at radius 1 is 1.12 bits per heavy atom. The van der Waals surface area contributed by atoms with Crippen LogP contribution in [0.4, 0.5) is 14.5 Å². The first-order valence-electron chi connectivity index (χ1n) is 6.82. The maximum Gasteiger partial charge on any atom is 0.273 e. The Morgan fingerprint density at radius 3 is 2.42 bits per heavy atom. The number of hydrogen-bond donors (Lipinski definition) is 0. The van der Waals surface area contributed by atoms with E-state index in [0.29, 0.717) is 0 Å². The van der Waals surface area contributed by atoms with E-state index in [-0.39, 0.29) is 22.7 Å². The zero-order valence-electron chi connectivity index (χ0n) is 12.8. The Balaban J connectivity index is 2.26. The monoisotopic (exact) mass is 337 g/mol. The third kappa shape index (κ3) is 3.65. The number of hydrogen-bond acceptors (Lipinski definition) is 5. The average Bonchev–Trinajstić information content (AvgIpc) is 2.56. The highest BCUT2D eigenvalue weighted by atomic mass is 19.2. The summed E-state index contributed by atoms with van der Waals surface area (Å²) >= 11 is 0. The molecule has 0 amide bonds. The molecule has 0 radical (unpaired) electrons. The number of ketones is 1. The maximum atomic E-state index is 13.2. The van der Waals surface area contributed by atoms with E-state index in [1.54, 1.807) is 0 Å². The molecule has 2 aromatic rings. The van der Waals surface area contributed by atoms with Crippen LogP contribution in [-0.4, -0.2) is 23.9 Å². The van der Waals surface area contributed by atoms with E-state index in [1.165, 1.54) is 26.2 Å². The lowest BCUT2D eigenvalue weighted by Gasteiger charge is -2.16. The van der Waals surface area contributed by atoms with Gasteiger partial charge in [0.15, 0.2) is 29.2 Å². The number of methoxy groups -OCH3 is 1. The fourth-order valence-electron chi connectivity index (χ4n) is 2.00. The number of rotatable bonds is 6. The van der Waals surface area contributed by atoms with Gasteiger partial charge in [-0.15, -0.1) is 0 Å². The Bertz CT molecular complexity index is 794. The molecule has 24 heavy (non-hydrogen) atoms. The molecule has 0 saturated heterocycles. The van der Waals surface area contributed by atoms with Crippen molar-refractivity contribution in [3.63, 3.8) is 0 Å². The minimum Gasteiger partial charge on any atom is -0.493 e. The van der Waals surface area contributed by atoms with Crippen LogP contribution in [0, 0.1) is 21.7 Å². The summed E-state index contributed by atoms with van der Waals surface area (Å²) in [6, 6.07) is 6.42. The summed E-state index contributed by atoms with van der Waals surface area (Å²) < 4.78 is 36.6. The molecule has 6 nitrogen and oxygen atoms in total. The summed E-state index contributed by atoms with van der Waals surface area (Å²) in [5.41, 5.74) is -0.316. The number of Topliss-reactive ketones (excluding diaryl/α,β-unsaturated/α-hetero) is 1. The summed E-state index contributed by atoms with van der Waals surface area (Å²) in [5, 5.41) is 10.8. The molecule has 0 saturated carbocycles. The van der Waals surface area contributed by atoms with Crippen LogP contribution in [0.5, 0.6) is 11.5 Å². The van der Waals surface area contributed by atoms with Gasteiger partial charge in [0.25, 0.3) is 5.69 Å². The van der Waals surface area contributed by atoms with Crippen LogP contribution >= 0.6 is 0 Å². The number of carbonyl (C=O) groups is 1. The van der Waals surface area contributed by atoms with Gasteiger partial charge in [-0.05, 0) is 31.2 Å². The Kier molecular flexibility index (Phi) is 5.08. The minimum atomic E-state index is -1.15. The fourth-order valence-corrected chi connectivity index (χ4v) is 2.00. The molecule has 0 fully saturated rings. The van der Waals surface area contributed by atoms with Gasteiger partial charge in [-0.3, -0.25) is 14.9 Å². The quantitative estimate of drug-likeness (QED) is 0.458. The predicted octanol–water partition coefficient (Wildman–Crippen LogP) is 3.53. The molecule has 0 aliphatic rings. The van der Waals surface area contributed by atoms with Crippen molar-refractivity contribution < 1.29 is 28.0 Å². The van der Waals surface area contributed by atoms with Crippen LogP contribution in [0.15, 0.2) is 36.4 Å². The Labute approximate surface area is 135 Å². The Morgan fingerprint density at radius 2 is 1.83 bits per heavy atom. The van der Waals surface area contributed by atoms with Crippen molar-refractivity contribution in [2.75, 3.05) is 7.11 Å². The Hall–Kier alpha value is -3.03. The standard InChI is InChI=1S/C16H13F2NO5/c1-9(16(20)10-3-5-12(17)13(18)7-10)24-15-8-11(19(21)22)4-6-14(15)23-2/h3-9H,1-2H3. The maximum absolute atomic E-state index is 13.2. The van der Waals surface area contributed by atoms with Crippen molar-refractivity contribution in [3.8, 4) is 11.5 Å². The number of non-ortho nitro benzene ring substituents is 1. The molecule has 0 bridgehead atoms. The van der Waals surface area contributed by atoms with Crippen LogP contribution in [-0.2, 0) is 0 Å². The summed E-state index contributed by atoms with van der Waals surface area (Å²) in [7, 11) is 1.34. The molecule has 0 N–H and O–H groups in total. The zero-order valence-corrected chi connectivity index (χ0v) is 12.8. The molecule has 1 unspecified atom stereocenters. The second-order valence-electron chi connectivity index (χ2n) is 4.85. The van der Waals surface area contributed by atoms with Crippen LogP contribution in [0.1, 0.15) is 17.3 Å². The van der Waals surface area contributed by atoms with Crippen molar-refractivity contribution >= 4 is 11.5 Å². The van der Waals surface area contributed by atoms with Gasteiger partial charge in [-0.1, -0.05) is 0 Å². The van der Waals surface area contributed by atoms with Gasteiger partial charge in [0.05, 0.1) is 18.1 Å². The lowest BCUT2D eigenvalue weighted by atomic mass is 10.1. The number of nitrogens with zero attached hydrogens (tertiary/aromatic N) is 1. The molecule has 0 aromatic heterocycles. The highest BCUT2D eigenvalue weighted by Crippen LogP contribution is 2.32. The van der Waals surface area contributed by atoms with Crippen molar-refractivity contribution in [3.05, 3.63) is 63.7 Å². The third-order valence-corrected chi connectivity index (χ3v) is 3.24. The van der Waals surface area contributed by atoms with Gasteiger partial charge >= 0.3 is 0 Å². The van der Waals surface area contributed by atoms with E-state index >= 15 is 0 Å². The number of benzene rings is 2. The topological polar surface area (TPSA) is 78.7 Å². The molecule has 8 heteroatoms. The minimum absolute atomic E-state index is 0.00451. The van der Waals surface area contributed by atoms with Crippen molar-refractivity contribution in [2.45, 2.75) is 13.0 Å². The van der Waals surface area contributed by atoms with Crippen LogP contribution in [0.25, 0.3) is 0 Å². The first-order chi connectivity index (χ1) is 11.3. The highest BCUT2D eigenvalue weighted by molar-refractivity contribution is 5.99. The number of nitro groups is 1. The van der Waals surface area contributed by atoms with Gasteiger partial charge in [0, 0.05) is 11.6 Å². The van der Waals surface area contributed by atoms with E-state index in [1.807, 2.05) is 0 Å². The van der Waals surface area contributed by atoms with Crippen LogP contribution in [0.2, 0.25) is 0 Å². The van der Waals surface area contributed by atoms with Gasteiger partial charge < -0.3 is 9.47 Å². The predicted molar refractivity (Wildman–Crippen MR) is 80.4 cm³/mol. The van der Waals surface area contributed by atoms with Crippen LogP contribution < -0.4 is 9.47 Å². The molecule has 0 aliphatic carbocycles. The zero-order chi connectivity index (χ0) is 17.9. The summed E-state index contributed by atoms with van der Waals surface area (Å²) in [5.74, 6) is -2.63. The SMILES string of the molecule is COc1ccc([N+](=O)[O-])cc1OC(C)C(=O)c1ccc(F)c(F)c1. The van der Waals surface area contributed by atoms with E-state index < -0.39 is 28.4 Å². The van der Waals surface area contributed by atoms with E-state index in [9.17, 15) is 23.7 Å². The highest BCUT2D eigenvalue weighted by Gasteiger charge is 2.21. The molecule has 2 aromatic carbocycles. The first kappa shape index (κ1) is 17.3. The van der Waals surface area contributed by atoms with Crippen LogP contribution in [0.3, 0.4) is 0 Å². The summed E-state index contributed by atoms with van der Waals surface area (Å²) in [6.45, 7) is 1.39. The smallest absolute Gasteiger partial charge is 0.273 e. The normalized spacial score (nSPS) is 11.7. The molecule has 0 aliphatic heterocycles. The van der Waals surface area contributed by atoms with Crippen molar-refractivity contribution in [1.82, 2.24) is 0 Å². The fraction of sp³-hybridized carbons (Fsp3) is 0.188.